The number of aliphatic hydroxyl groups is 1. The number of aliphatic hydroxyl groups excluding tert-OH is 1. The minimum absolute atomic E-state index is 0.0145. The van der Waals surface area contributed by atoms with Crippen molar-refractivity contribution in [3.05, 3.63) is 30.5 Å². The third-order valence-corrected chi connectivity index (χ3v) is 4.35. The summed E-state index contributed by atoms with van der Waals surface area (Å²) in [7, 11) is 0. The van der Waals surface area contributed by atoms with Gasteiger partial charge >= 0.3 is 0 Å². The highest BCUT2D eigenvalue weighted by Gasteiger charge is 2.29. The van der Waals surface area contributed by atoms with Gasteiger partial charge in [0.2, 0.25) is 5.88 Å². The molecule has 0 saturated carbocycles. The van der Waals surface area contributed by atoms with Gasteiger partial charge in [0.1, 0.15) is 12.2 Å². The molecule has 1 aromatic heterocycles. The van der Waals surface area contributed by atoms with E-state index in [9.17, 15) is 9.90 Å². The molecular weight excluding hydrogens is 306 g/mol. The highest BCUT2D eigenvalue weighted by molar-refractivity contribution is 5.81. The molecule has 0 unspecified atom stereocenters. The second-order valence-corrected chi connectivity index (χ2v) is 6.53. The summed E-state index contributed by atoms with van der Waals surface area (Å²) in [6.07, 6.45) is 2.19. The van der Waals surface area contributed by atoms with Gasteiger partial charge in [-0.1, -0.05) is 26.0 Å². The minimum Gasteiger partial charge on any atom is -0.473 e. The largest absolute Gasteiger partial charge is 0.473 e. The summed E-state index contributed by atoms with van der Waals surface area (Å²) < 4.78 is 5.93. The van der Waals surface area contributed by atoms with Crippen LogP contribution in [0.5, 0.6) is 5.88 Å². The van der Waals surface area contributed by atoms with Crippen molar-refractivity contribution in [2.45, 2.75) is 38.9 Å². The van der Waals surface area contributed by atoms with E-state index in [1.165, 1.54) is 0 Å². The van der Waals surface area contributed by atoms with E-state index in [4.69, 9.17) is 4.74 Å². The zero-order chi connectivity index (χ0) is 17.1. The predicted molar refractivity (Wildman–Crippen MR) is 90.6 cm³/mol. The van der Waals surface area contributed by atoms with Gasteiger partial charge in [0, 0.05) is 25.9 Å². The molecule has 1 N–H and O–H groups in total. The highest BCUT2D eigenvalue weighted by atomic mass is 16.5. The number of amides is 1. The van der Waals surface area contributed by atoms with Crippen LogP contribution in [0.3, 0.4) is 0 Å². The van der Waals surface area contributed by atoms with Crippen LogP contribution in [-0.2, 0) is 4.79 Å². The molecule has 1 saturated heterocycles. The Labute approximate surface area is 141 Å². The van der Waals surface area contributed by atoms with Gasteiger partial charge in [-0.3, -0.25) is 4.79 Å². The van der Waals surface area contributed by atoms with E-state index in [0.717, 1.165) is 23.9 Å². The third kappa shape index (κ3) is 3.64. The summed E-state index contributed by atoms with van der Waals surface area (Å²) in [6, 6.07) is 7.67. The molecule has 1 aromatic carbocycles. The number of carbonyl (C=O) groups excluding carboxylic acids is 1. The maximum absolute atomic E-state index is 12.2. The number of hydrogen-bond donors (Lipinski definition) is 1. The maximum Gasteiger partial charge on any atom is 0.251 e. The van der Waals surface area contributed by atoms with Crippen LogP contribution in [0.15, 0.2) is 30.5 Å². The van der Waals surface area contributed by atoms with Gasteiger partial charge < -0.3 is 14.7 Å². The van der Waals surface area contributed by atoms with E-state index in [0.29, 0.717) is 19.0 Å². The summed E-state index contributed by atoms with van der Waals surface area (Å²) in [6.45, 7) is 4.87. The highest BCUT2D eigenvalue weighted by Crippen LogP contribution is 2.20. The first-order chi connectivity index (χ1) is 11.5. The SMILES string of the molecule is CC(C)[C@H](O)C(=O)N1CCC(Oc2cnc3ccccc3n2)CC1. The number of ether oxygens (including phenoxy) is 1. The molecule has 0 bridgehead atoms. The predicted octanol–water partition coefficient (Wildman–Crippen LogP) is 2.02. The molecule has 1 amide bonds. The van der Waals surface area contributed by atoms with E-state index < -0.39 is 6.10 Å². The van der Waals surface area contributed by atoms with Crippen molar-refractivity contribution in [1.82, 2.24) is 14.9 Å². The van der Waals surface area contributed by atoms with Crippen LogP contribution in [0.1, 0.15) is 26.7 Å². The second kappa shape index (κ2) is 7.13. The lowest BCUT2D eigenvalue weighted by atomic mass is 10.0. The third-order valence-electron chi connectivity index (χ3n) is 4.35. The zero-order valence-electron chi connectivity index (χ0n) is 14.1. The summed E-state index contributed by atoms with van der Waals surface area (Å²) in [4.78, 5) is 22.7. The molecule has 0 radical (unpaired) electrons. The molecule has 24 heavy (non-hydrogen) atoms. The molecule has 0 spiro atoms. The minimum atomic E-state index is -0.922. The van der Waals surface area contributed by atoms with Gasteiger partial charge in [-0.15, -0.1) is 0 Å². The van der Waals surface area contributed by atoms with Crippen LogP contribution >= 0.6 is 0 Å². The van der Waals surface area contributed by atoms with Gasteiger partial charge in [-0.05, 0) is 18.1 Å². The number of fused-ring (bicyclic) bond motifs is 1. The molecule has 1 atom stereocenters. The van der Waals surface area contributed by atoms with Crippen LogP contribution in [0.2, 0.25) is 0 Å². The van der Waals surface area contributed by atoms with E-state index in [1.807, 2.05) is 38.1 Å². The Kier molecular flexibility index (Phi) is 4.94. The normalized spacial score (nSPS) is 17.2. The van der Waals surface area contributed by atoms with Gasteiger partial charge in [0.25, 0.3) is 5.91 Å². The first-order valence-corrected chi connectivity index (χ1v) is 8.40. The topological polar surface area (TPSA) is 75.5 Å². The Morgan fingerprint density at radius 2 is 1.92 bits per heavy atom. The number of rotatable bonds is 4. The monoisotopic (exact) mass is 329 g/mol. The maximum atomic E-state index is 12.2. The standard InChI is InChI=1S/C18H23N3O3/c1-12(2)17(22)18(23)21-9-7-13(8-10-21)24-16-11-19-14-5-3-4-6-15(14)20-16/h3-6,11-13,17,22H,7-10H2,1-2H3/t17-/m0/s1. The Morgan fingerprint density at radius 3 is 2.58 bits per heavy atom. The summed E-state index contributed by atoms with van der Waals surface area (Å²) >= 11 is 0. The average molecular weight is 329 g/mol. The van der Waals surface area contributed by atoms with Gasteiger partial charge in [0.05, 0.1) is 17.2 Å². The number of hydrogen-bond acceptors (Lipinski definition) is 5. The number of likely N-dealkylation sites (tertiary alicyclic amines) is 1. The smallest absolute Gasteiger partial charge is 0.251 e. The number of nitrogens with zero attached hydrogens (tertiary/aromatic N) is 3. The average Bonchev–Trinajstić information content (AvgIpc) is 2.61. The Balaban J connectivity index is 1.57. The molecule has 1 aliphatic heterocycles. The van der Waals surface area contributed by atoms with E-state index in [1.54, 1.807) is 11.1 Å². The summed E-state index contributed by atoms with van der Waals surface area (Å²) in [5.74, 6) is 0.258. The number of benzene rings is 1. The van der Waals surface area contributed by atoms with Crippen LogP contribution in [0.4, 0.5) is 0 Å². The van der Waals surface area contributed by atoms with Crippen molar-refractivity contribution in [3.63, 3.8) is 0 Å². The molecule has 2 aromatic rings. The fourth-order valence-electron chi connectivity index (χ4n) is 2.83. The van der Waals surface area contributed by atoms with Gasteiger partial charge in [-0.2, -0.15) is 0 Å². The Bertz CT molecular complexity index is 711. The first-order valence-electron chi connectivity index (χ1n) is 8.40. The van der Waals surface area contributed by atoms with Crippen molar-refractivity contribution in [3.8, 4) is 5.88 Å². The lowest BCUT2D eigenvalue weighted by molar-refractivity contribution is -0.144. The lowest BCUT2D eigenvalue weighted by Crippen LogP contribution is -2.47. The van der Waals surface area contributed by atoms with Gasteiger partial charge in [0.15, 0.2) is 0 Å². The molecule has 1 fully saturated rings. The summed E-state index contributed by atoms with van der Waals surface area (Å²) in [5.41, 5.74) is 1.65. The Morgan fingerprint density at radius 1 is 1.25 bits per heavy atom. The second-order valence-electron chi connectivity index (χ2n) is 6.53. The molecule has 128 valence electrons. The van der Waals surface area contributed by atoms with Crippen LogP contribution in [0.25, 0.3) is 11.0 Å². The fourth-order valence-corrected chi connectivity index (χ4v) is 2.83. The Hall–Kier alpha value is -2.21. The van der Waals surface area contributed by atoms with Crippen molar-refractivity contribution < 1.29 is 14.6 Å². The van der Waals surface area contributed by atoms with Gasteiger partial charge in [-0.25, -0.2) is 9.97 Å². The van der Waals surface area contributed by atoms with Crippen molar-refractivity contribution in [2.24, 2.45) is 5.92 Å². The van der Waals surface area contributed by atoms with Crippen LogP contribution in [-0.4, -0.2) is 51.2 Å². The number of para-hydroxylation sites is 2. The molecule has 3 rings (SSSR count). The molecule has 0 aliphatic carbocycles. The van der Waals surface area contributed by atoms with Crippen molar-refractivity contribution in [2.75, 3.05) is 13.1 Å². The van der Waals surface area contributed by atoms with E-state index >= 15 is 0 Å². The lowest BCUT2D eigenvalue weighted by Gasteiger charge is -2.33. The fraction of sp³-hybridized carbons (Fsp3) is 0.500. The van der Waals surface area contributed by atoms with Crippen molar-refractivity contribution in [1.29, 1.82) is 0 Å². The number of piperidine rings is 1. The van der Waals surface area contributed by atoms with E-state index in [-0.39, 0.29) is 17.9 Å². The number of aromatic nitrogens is 2. The molecule has 1 aliphatic rings. The van der Waals surface area contributed by atoms with Crippen LogP contribution < -0.4 is 4.74 Å². The van der Waals surface area contributed by atoms with Crippen molar-refractivity contribution >= 4 is 16.9 Å². The van der Waals surface area contributed by atoms with E-state index in [2.05, 4.69) is 9.97 Å². The quantitative estimate of drug-likeness (QED) is 0.929. The zero-order valence-corrected chi connectivity index (χ0v) is 14.1. The molecule has 6 nitrogen and oxygen atoms in total. The first kappa shape index (κ1) is 16.6. The molecular formula is C18H23N3O3. The molecule has 6 heteroatoms. The number of carbonyl (C=O) groups is 1. The van der Waals surface area contributed by atoms with Crippen LogP contribution in [0, 0.1) is 5.92 Å². The molecule has 2 heterocycles. The summed E-state index contributed by atoms with van der Waals surface area (Å²) in [5, 5.41) is 9.91.